The zero-order valence-electron chi connectivity index (χ0n) is 18.4. The number of hydrogen-bond donors (Lipinski definition) is 1. The Balaban J connectivity index is 1.33. The largest absolute Gasteiger partial charge is 0.355 e. The zero-order chi connectivity index (χ0) is 21.4. The van der Waals surface area contributed by atoms with Crippen LogP contribution in [0.25, 0.3) is 32.3 Å². The third-order valence-electron chi connectivity index (χ3n) is 7.83. The molecule has 0 aromatic heterocycles. The SMILES string of the molecule is CC1(C)c2cc(Nc3cc4ccc5cccc6ccc(c3)c4c56)ccc2C2C=CC=CC21. The maximum Gasteiger partial charge on any atom is 0.0396 e. The second kappa shape index (κ2) is 6.23. The summed E-state index contributed by atoms with van der Waals surface area (Å²) in [7, 11) is 0. The molecule has 5 aromatic carbocycles. The molecule has 0 amide bonds. The fourth-order valence-electron chi connectivity index (χ4n) is 6.25. The highest BCUT2D eigenvalue weighted by molar-refractivity contribution is 6.23. The Kier molecular flexibility index (Phi) is 3.51. The van der Waals surface area contributed by atoms with E-state index in [4.69, 9.17) is 0 Å². The summed E-state index contributed by atoms with van der Waals surface area (Å²) in [5.41, 5.74) is 5.37. The second-order valence-electron chi connectivity index (χ2n) is 9.98. The molecule has 0 fully saturated rings. The summed E-state index contributed by atoms with van der Waals surface area (Å²) in [6.07, 6.45) is 9.15. The Morgan fingerprint density at radius 1 is 0.656 bits per heavy atom. The summed E-state index contributed by atoms with van der Waals surface area (Å²) >= 11 is 0. The van der Waals surface area contributed by atoms with Gasteiger partial charge in [0.15, 0.2) is 0 Å². The first-order chi connectivity index (χ1) is 15.6. The Morgan fingerprint density at radius 2 is 1.31 bits per heavy atom. The lowest BCUT2D eigenvalue weighted by atomic mass is 9.74. The summed E-state index contributed by atoms with van der Waals surface area (Å²) in [6, 6.07) is 27.1. The van der Waals surface area contributed by atoms with E-state index in [9.17, 15) is 0 Å². The van der Waals surface area contributed by atoms with Gasteiger partial charge in [-0.15, -0.1) is 0 Å². The van der Waals surface area contributed by atoms with E-state index in [1.165, 1.54) is 43.4 Å². The van der Waals surface area contributed by atoms with Crippen LogP contribution in [0.5, 0.6) is 0 Å². The number of benzene rings is 5. The minimum absolute atomic E-state index is 0.131. The molecule has 7 rings (SSSR count). The van der Waals surface area contributed by atoms with E-state index in [0.717, 1.165) is 11.4 Å². The lowest BCUT2D eigenvalue weighted by molar-refractivity contribution is 0.394. The first kappa shape index (κ1) is 18.0. The normalized spacial score (nSPS) is 20.8. The molecule has 0 saturated carbocycles. The van der Waals surface area contributed by atoms with E-state index in [2.05, 4.69) is 116 Å². The van der Waals surface area contributed by atoms with Crippen LogP contribution in [-0.4, -0.2) is 0 Å². The van der Waals surface area contributed by atoms with E-state index in [1.54, 1.807) is 0 Å². The van der Waals surface area contributed by atoms with Gasteiger partial charge in [-0.25, -0.2) is 0 Å². The van der Waals surface area contributed by atoms with Crippen LogP contribution in [0, 0.1) is 5.92 Å². The topological polar surface area (TPSA) is 12.0 Å². The van der Waals surface area contributed by atoms with Crippen LogP contribution in [0.4, 0.5) is 11.4 Å². The molecule has 0 spiro atoms. The van der Waals surface area contributed by atoms with Crippen molar-refractivity contribution < 1.29 is 0 Å². The minimum Gasteiger partial charge on any atom is -0.355 e. The third kappa shape index (κ3) is 2.40. The van der Waals surface area contributed by atoms with Crippen LogP contribution in [-0.2, 0) is 5.41 Å². The van der Waals surface area contributed by atoms with Gasteiger partial charge in [0.05, 0.1) is 0 Å². The molecule has 0 aliphatic heterocycles. The van der Waals surface area contributed by atoms with Crippen molar-refractivity contribution in [3.63, 3.8) is 0 Å². The lowest BCUT2D eigenvalue weighted by Crippen LogP contribution is -2.24. The van der Waals surface area contributed by atoms with E-state index in [0.29, 0.717) is 11.8 Å². The molecule has 154 valence electrons. The quantitative estimate of drug-likeness (QED) is 0.287. The Morgan fingerprint density at radius 3 is 2.06 bits per heavy atom. The Labute approximate surface area is 188 Å². The number of fused-ring (bicyclic) bond motifs is 3. The van der Waals surface area contributed by atoms with Crippen LogP contribution in [0.2, 0.25) is 0 Å². The number of allylic oxidation sites excluding steroid dienone is 4. The fraction of sp³-hybridized carbons (Fsp3) is 0.161. The van der Waals surface area contributed by atoms with Gasteiger partial charge in [-0.3, -0.25) is 0 Å². The number of anilines is 2. The van der Waals surface area contributed by atoms with E-state index < -0.39 is 0 Å². The van der Waals surface area contributed by atoms with E-state index in [-0.39, 0.29) is 5.41 Å². The molecule has 0 heterocycles. The first-order valence-electron chi connectivity index (χ1n) is 11.5. The summed E-state index contributed by atoms with van der Waals surface area (Å²) in [5.74, 6) is 1.03. The van der Waals surface area contributed by atoms with Crippen LogP contribution >= 0.6 is 0 Å². The van der Waals surface area contributed by atoms with Gasteiger partial charge in [0.1, 0.15) is 0 Å². The molecule has 0 radical (unpaired) electrons. The maximum absolute atomic E-state index is 3.72. The number of rotatable bonds is 2. The van der Waals surface area contributed by atoms with Gasteiger partial charge >= 0.3 is 0 Å². The molecule has 2 atom stereocenters. The molecule has 1 N–H and O–H groups in total. The van der Waals surface area contributed by atoms with Crippen LogP contribution in [0.1, 0.15) is 30.9 Å². The molecule has 2 unspecified atom stereocenters. The monoisotopic (exact) mass is 411 g/mol. The van der Waals surface area contributed by atoms with Crippen molar-refractivity contribution >= 4 is 43.7 Å². The fourth-order valence-corrected chi connectivity index (χ4v) is 6.25. The molecule has 0 saturated heterocycles. The average molecular weight is 412 g/mol. The molecule has 2 aliphatic rings. The van der Waals surface area contributed by atoms with Crippen LogP contribution in [0.15, 0.2) is 97.1 Å². The predicted octanol–water partition coefficient (Wildman–Crippen LogP) is 8.44. The number of hydrogen-bond acceptors (Lipinski definition) is 1. The highest BCUT2D eigenvalue weighted by Crippen LogP contribution is 2.53. The molecule has 1 nitrogen and oxygen atoms in total. The van der Waals surface area contributed by atoms with Crippen molar-refractivity contribution in [2.45, 2.75) is 25.2 Å². The maximum atomic E-state index is 3.72. The van der Waals surface area contributed by atoms with Gasteiger partial charge < -0.3 is 5.32 Å². The molecule has 1 heteroatoms. The minimum atomic E-state index is 0.131. The van der Waals surface area contributed by atoms with Gasteiger partial charge in [0.2, 0.25) is 0 Å². The van der Waals surface area contributed by atoms with Crippen LogP contribution < -0.4 is 5.32 Å². The first-order valence-corrected chi connectivity index (χ1v) is 11.5. The standard InChI is InChI=1S/C31H25N/c1-31(2)27-9-4-3-8-25(27)26-15-14-23(18-28(26)31)32-24-16-21-12-10-19-6-5-7-20-11-13-22(17-24)30(21)29(19)20/h3-18,25,27,32H,1-2H3. The lowest BCUT2D eigenvalue weighted by Gasteiger charge is -2.29. The van der Waals surface area contributed by atoms with Gasteiger partial charge in [-0.2, -0.15) is 0 Å². The second-order valence-corrected chi connectivity index (χ2v) is 9.98. The molecular formula is C31H25N. The third-order valence-corrected chi connectivity index (χ3v) is 7.83. The van der Waals surface area contributed by atoms with Gasteiger partial charge in [0.25, 0.3) is 0 Å². The summed E-state index contributed by atoms with van der Waals surface area (Å²) in [5, 5.41) is 11.7. The van der Waals surface area contributed by atoms with Crippen molar-refractivity contribution in [3.05, 3.63) is 108 Å². The van der Waals surface area contributed by atoms with Gasteiger partial charge in [-0.1, -0.05) is 86.7 Å². The van der Waals surface area contributed by atoms with Crippen molar-refractivity contribution in [2.75, 3.05) is 5.32 Å². The zero-order valence-corrected chi connectivity index (χ0v) is 18.4. The van der Waals surface area contributed by atoms with Gasteiger partial charge in [-0.05, 0) is 79.0 Å². The summed E-state index contributed by atoms with van der Waals surface area (Å²) < 4.78 is 0. The smallest absolute Gasteiger partial charge is 0.0396 e. The van der Waals surface area contributed by atoms with Crippen molar-refractivity contribution in [1.29, 1.82) is 0 Å². The Bertz CT molecular complexity index is 1520. The summed E-state index contributed by atoms with van der Waals surface area (Å²) in [4.78, 5) is 0. The van der Waals surface area contributed by atoms with Crippen molar-refractivity contribution in [3.8, 4) is 0 Å². The molecule has 0 bridgehead atoms. The van der Waals surface area contributed by atoms with E-state index >= 15 is 0 Å². The highest BCUT2D eigenvalue weighted by atomic mass is 14.9. The molecular weight excluding hydrogens is 386 g/mol. The van der Waals surface area contributed by atoms with Crippen LogP contribution in [0.3, 0.4) is 0 Å². The van der Waals surface area contributed by atoms with Crippen molar-refractivity contribution in [1.82, 2.24) is 0 Å². The Hall–Kier alpha value is -3.58. The van der Waals surface area contributed by atoms with Crippen molar-refractivity contribution in [2.24, 2.45) is 5.92 Å². The van der Waals surface area contributed by atoms with E-state index in [1.807, 2.05) is 0 Å². The summed E-state index contributed by atoms with van der Waals surface area (Å²) in [6.45, 7) is 4.77. The molecule has 5 aromatic rings. The average Bonchev–Trinajstić information content (AvgIpc) is 3.04. The molecule has 32 heavy (non-hydrogen) atoms. The van der Waals surface area contributed by atoms with Gasteiger partial charge in [0, 0.05) is 17.3 Å². The number of nitrogens with one attached hydrogen (secondary N) is 1. The predicted molar refractivity (Wildman–Crippen MR) is 137 cm³/mol. The highest BCUT2D eigenvalue weighted by Gasteiger charge is 2.44. The molecule has 2 aliphatic carbocycles.